The molecule has 0 heterocycles. The first-order chi connectivity index (χ1) is 5.22. The minimum atomic E-state index is -0.284. The molecule has 0 N–H and O–H groups in total. The molecule has 0 aliphatic carbocycles. The molecule has 0 saturated carbocycles. The van der Waals surface area contributed by atoms with Crippen LogP contribution in [0.15, 0.2) is 0 Å². The summed E-state index contributed by atoms with van der Waals surface area (Å²) in [6.45, 7) is 6.47. The number of carbonyl (C=O) groups is 1. The lowest BCUT2D eigenvalue weighted by Crippen LogP contribution is -2.28. The Labute approximate surface area is 68.3 Å². The number of ether oxygens (including phenoxy) is 1. The Morgan fingerprint density at radius 1 is 1.64 bits per heavy atom. The van der Waals surface area contributed by atoms with Crippen molar-refractivity contribution in [2.75, 3.05) is 20.2 Å². The third-order valence-corrected chi connectivity index (χ3v) is 1.38. The Bertz CT molecular complexity index is 115. The van der Waals surface area contributed by atoms with E-state index in [1.165, 1.54) is 0 Å². The quantitative estimate of drug-likeness (QED) is 0.623. The van der Waals surface area contributed by atoms with E-state index in [9.17, 15) is 4.79 Å². The van der Waals surface area contributed by atoms with Gasteiger partial charge < -0.3 is 9.64 Å². The van der Waals surface area contributed by atoms with Crippen LogP contribution in [0.5, 0.6) is 0 Å². The Morgan fingerprint density at radius 2 is 2.27 bits per heavy atom. The van der Waals surface area contributed by atoms with E-state index in [-0.39, 0.29) is 12.7 Å². The molecular weight excluding hydrogens is 142 g/mol. The predicted octanol–water partition coefficient (Wildman–Crippen LogP) is 1.69. The van der Waals surface area contributed by atoms with E-state index in [1.807, 2.05) is 0 Å². The van der Waals surface area contributed by atoms with Gasteiger partial charge in [-0.3, -0.25) is 0 Å². The van der Waals surface area contributed by atoms with E-state index in [2.05, 4.69) is 18.6 Å². The molecule has 3 heteroatoms. The molecule has 0 aromatic heterocycles. The molecule has 0 aliphatic rings. The normalized spacial score (nSPS) is 9.36. The topological polar surface area (TPSA) is 29.5 Å². The van der Waals surface area contributed by atoms with Gasteiger partial charge in [0.05, 0.1) is 6.61 Å². The summed E-state index contributed by atoms with van der Waals surface area (Å²) in [6.07, 6.45) is 1.82. The number of nitrogens with zero attached hydrogens (tertiary/aromatic N) is 1. The summed E-state index contributed by atoms with van der Waals surface area (Å²) >= 11 is 0. The summed E-state index contributed by atoms with van der Waals surface area (Å²) in [7, 11) is 1.73. The van der Waals surface area contributed by atoms with Crippen molar-refractivity contribution in [1.82, 2.24) is 4.90 Å². The monoisotopic (exact) mass is 158 g/mol. The van der Waals surface area contributed by atoms with E-state index in [0.29, 0.717) is 0 Å². The first kappa shape index (κ1) is 10.3. The molecule has 0 unspecified atom stereocenters. The number of rotatable bonds is 4. The van der Waals surface area contributed by atoms with Gasteiger partial charge in [-0.1, -0.05) is 13.3 Å². The van der Waals surface area contributed by atoms with Crippen LogP contribution in [0, 0.1) is 6.92 Å². The number of hydrogen-bond donors (Lipinski definition) is 0. The Hall–Kier alpha value is -0.730. The molecule has 0 aromatic rings. The molecule has 0 aromatic carbocycles. The van der Waals surface area contributed by atoms with Crippen molar-refractivity contribution in [3.05, 3.63) is 6.92 Å². The first-order valence-corrected chi connectivity index (χ1v) is 3.89. The largest absolute Gasteiger partial charge is 0.449 e. The summed E-state index contributed by atoms with van der Waals surface area (Å²) < 4.78 is 4.68. The van der Waals surface area contributed by atoms with E-state index >= 15 is 0 Å². The zero-order chi connectivity index (χ0) is 8.69. The lowest BCUT2D eigenvalue weighted by molar-refractivity contribution is 0.120. The highest BCUT2D eigenvalue weighted by molar-refractivity contribution is 5.67. The third-order valence-electron chi connectivity index (χ3n) is 1.38. The highest BCUT2D eigenvalue weighted by Crippen LogP contribution is 1.94. The van der Waals surface area contributed by atoms with E-state index in [1.54, 1.807) is 11.9 Å². The minimum absolute atomic E-state index is 0.204. The van der Waals surface area contributed by atoms with Gasteiger partial charge in [-0.15, -0.1) is 0 Å². The second-order valence-electron chi connectivity index (χ2n) is 2.39. The van der Waals surface area contributed by atoms with Gasteiger partial charge in [0.2, 0.25) is 0 Å². The molecule has 0 atom stereocenters. The third kappa shape index (κ3) is 4.65. The summed E-state index contributed by atoms with van der Waals surface area (Å²) in [5.41, 5.74) is 0. The smallest absolute Gasteiger partial charge is 0.409 e. The lowest BCUT2D eigenvalue weighted by atomic mass is 10.3. The molecule has 65 valence electrons. The van der Waals surface area contributed by atoms with Crippen molar-refractivity contribution in [2.45, 2.75) is 19.8 Å². The standard InChI is InChI=1S/C8H16NO2/c1-4-6-7-9(3)8(10)11-5-2/h2,4-7H2,1,3H3. The van der Waals surface area contributed by atoms with Gasteiger partial charge in [0.1, 0.15) is 0 Å². The van der Waals surface area contributed by atoms with Crippen molar-refractivity contribution in [1.29, 1.82) is 0 Å². The fraction of sp³-hybridized carbons (Fsp3) is 0.750. The zero-order valence-electron chi connectivity index (χ0n) is 7.30. The van der Waals surface area contributed by atoms with Crippen LogP contribution in [0.25, 0.3) is 0 Å². The summed E-state index contributed by atoms with van der Waals surface area (Å²) in [5.74, 6) is 0. The molecule has 0 aliphatic heterocycles. The highest BCUT2D eigenvalue weighted by atomic mass is 16.5. The van der Waals surface area contributed by atoms with Crippen molar-refractivity contribution in [2.24, 2.45) is 0 Å². The van der Waals surface area contributed by atoms with Crippen molar-refractivity contribution in [3.63, 3.8) is 0 Å². The van der Waals surface area contributed by atoms with Gasteiger partial charge in [-0.05, 0) is 13.3 Å². The average Bonchev–Trinajstić information content (AvgIpc) is 2.00. The SMILES string of the molecule is [CH2]COC(=O)N(C)CCCC. The second kappa shape index (κ2) is 6.01. The van der Waals surface area contributed by atoms with Gasteiger partial charge >= 0.3 is 6.09 Å². The minimum Gasteiger partial charge on any atom is -0.449 e. The maximum atomic E-state index is 10.9. The average molecular weight is 158 g/mol. The van der Waals surface area contributed by atoms with Crippen molar-refractivity contribution >= 4 is 6.09 Å². The maximum absolute atomic E-state index is 10.9. The molecule has 0 fully saturated rings. The van der Waals surface area contributed by atoms with Crippen molar-refractivity contribution in [3.8, 4) is 0 Å². The fourth-order valence-electron chi connectivity index (χ4n) is 0.684. The number of carbonyl (C=O) groups excluding carboxylic acids is 1. The number of hydrogen-bond acceptors (Lipinski definition) is 2. The van der Waals surface area contributed by atoms with Crippen LogP contribution in [-0.2, 0) is 4.74 Å². The number of unbranched alkanes of at least 4 members (excludes halogenated alkanes) is 1. The van der Waals surface area contributed by atoms with Gasteiger partial charge in [0, 0.05) is 13.6 Å². The Morgan fingerprint density at radius 3 is 2.73 bits per heavy atom. The molecular formula is C8H16NO2. The van der Waals surface area contributed by atoms with Gasteiger partial charge in [0.25, 0.3) is 0 Å². The molecule has 11 heavy (non-hydrogen) atoms. The first-order valence-electron chi connectivity index (χ1n) is 3.89. The highest BCUT2D eigenvalue weighted by Gasteiger charge is 2.06. The molecule has 0 rings (SSSR count). The van der Waals surface area contributed by atoms with Crippen LogP contribution in [0.4, 0.5) is 4.79 Å². The summed E-state index contributed by atoms with van der Waals surface area (Å²) in [6, 6.07) is 0. The zero-order valence-corrected chi connectivity index (χ0v) is 7.30. The van der Waals surface area contributed by atoms with Crippen LogP contribution in [-0.4, -0.2) is 31.2 Å². The molecule has 1 amide bonds. The van der Waals surface area contributed by atoms with Gasteiger partial charge in [-0.25, -0.2) is 4.79 Å². The van der Waals surface area contributed by atoms with Crippen LogP contribution in [0.1, 0.15) is 19.8 Å². The summed E-state index contributed by atoms with van der Waals surface area (Å²) in [4.78, 5) is 12.5. The molecule has 1 radical (unpaired) electrons. The van der Waals surface area contributed by atoms with Crippen LogP contribution < -0.4 is 0 Å². The van der Waals surface area contributed by atoms with E-state index in [0.717, 1.165) is 19.4 Å². The molecule has 0 saturated heterocycles. The van der Waals surface area contributed by atoms with E-state index in [4.69, 9.17) is 0 Å². The molecule has 0 bridgehead atoms. The second-order valence-corrected chi connectivity index (χ2v) is 2.39. The number of amides is 1. The van der Waals surface area contributed by atoms with Gasteiger partial charge in [-0.2, -0.15) is 0 Å². The van der Waals surface area contributed by atoms with E-state index < -0.39 is 0 Å². The fourth-order valence-corrected chi connectivity index (χ4v) is 0.684. The van der Waals surface area contributed by atoms with Crippen LogP contribution >= 0.6 is 0 Å². The Balaban J connectivity index is 3.46. The van der Waals surface area contributed by atoms with Crippen molar-refractivity contribution < 1.29 is 9.53 Å². The molecule has 3 nitrogen and oxygen atoms in total. The van der Waals surface area contributed by atoms with Crippen LogP contribution in [0.3, 0.4) is 0 Å². The molecule has 0 spiro atoms. The van der Waals surface area contributed by atoms with Crippen LogP contribution in [0.2, 0.25) is 0 Å². The lowest BCUT2D eigenvalue weighted by Gasteiger charge is -2.15. The summed E-state index contributed by atoms with van der Waals surface area (Å²) in [5, 5.41) is 0. The Kier molecular flexibility index (Phi) is 5.61. The van der Waals surface area contributed by atoms with Gasteiger partial charge in [0.15, 0.2) is 0 Å². The predicted molar refractivity (Wildman–Crippen MR) is 44.2 cm³/mol. The maximum Gasteiger partial charge on any atom is 0.409 e.